The fourth-order valence-corrected chi connectivity index (χ4v) is 2.22. The van der Waals surface area contributed by atoms with Crippen molar-refractivity contribution in [3.05, 3.63) is 40.3 Å². The molecule has 0 amide bonds. The summed E-state index contributed by atoms with van der Waals surface area (Å²) in [6.45, 7) is 7.01. The van der Waals surface area contributed by atoms with Crippen LogP contribution in [0.1, 0.15) is 32.9 Å². The minimum absolute atomic E-state index is 0.165. The SMILES string of the molecule is CCCc1cc(=O)[nH]c(Nc2ccc(OCC)c(OCC)c2)n1. The Morgan fingerprint density at radius 3 is 2.52 bits per heavy atom. The number of rotatable bonds is 8. The predicted octanol–water partition coefficient (Wildman–Crippen LogP) is 3.26. The van der Waals surface area contributed by atoms with Gasteiger partial charge < -0.3 is 14.8 Å². The molecule has 1 heterocycles. The van der Waals surface area contributed by atoms with Crippen LogP contribution >= 0.6 is 0 Å². The lowest BCUT2D eigenvalue weighted by atomic mass is 10.2. The van der Waals surface area contributed by atoms with E-state index in [2.05, 4.69) is 22.2 Å². The van der Waals surface area contributed by atoms with Gasteiger partial charge in [-0.1, -0.05) is 13.3 Å². The molecular weight excluding hydrogens is 294 g/mol. The van der Waals surface area contributed by atoms with E-state index in [0.717, 1.165) is 24.2 Å². The summed E-state index contributed by atoms with van der Waals surface area (Å²) in [7, 11) is 0. The van der Waals surface area contributed by atoms with Gasteiger partial charge in [-0.25, -0.2) is 4.98 Å². The van der Waals surface area contributed by atoms with E-state index < -0.39 is 0 Å². The van der Waals surface area contributed by atoms with Gasteiger partial charge in [-0.05, 0) is 32.4 Å². The summed E-state index contributed by atoms with van der Waals surface area (Å²) in [5.74, 6) is 1.78. The third kappa shape index (κ3) is 4.74. The normalized spacial score (nSPS) is 10.4. The van der Waals surface area contributed by atoms with Crippen LogP contribution in [0.15, 0.2) is 29.1 Å². The van der Waals surface area contributed by atoms with Gasteiger partial charge in [-0.2, -0.15) is 0 Å². The molecule has 0 unspecified atom stereocenters. The Hall–Kier alpha value is -2.50. The molecule has 2 N–H and O–H groups in total. The van der Waals surface area contributed by atoms with Gasteiger partial charge in [-0.3, -0.25) is 9.78 Å². The third-order valence-electron chi connectivity index (χ3n) is 3.11. The van der Waals surface area contributed by atoms with Crippen molar-refractivity contribution in [3.8, 4) is 11.5 Å². The zero-order valence-corrected chi connectivity index (χ0v) is 13.8. The number of hydrogen-bond donors (Lipinski definition) is 2. The Morgan fingerprint density at radius 2 is 1.83 bits per heavy atom. The Kier molecular flexibility index (Phi) is 6.02. The first-order valence-electron chi connectivity index (χ1n) is 7.93. The lowest BCUT2D eigenvalue weighted by Gasteiger charge is -2.13. The van der Waals surface area contributed by atoms with Crippen LogP contribution in [0.4, 0.5) is 11.6 Å². The molecule has 23 heavy (non-hydrogen) atoms. The van der Waals surface area contributed by atoms with Crippen LogP contribution in [0.5, 0.6) is 11.5 Å². The monoisotopic (exact) mass is 317 g/mol. The van der Waals surface area contributed by atoms with E-state index in [9.17, 15) is 4.79 Å². The van der Waals surface area contributed by atoms with E-state index >= 15 is 0 Å². The van der Waals surface area contributed by atoms with Gasteiger partial charge in [-0.15, -0.1) is 0 Å². The Morgan fingerprint density at radius 1 is 1.09 bits per heavy atom. The summed E-state index contributed by atoms with van der Waals surface area (Å²) < 4.78 is 11.1. The predicted molar refractivity (Wildman–Crippen MR) is 90.9 cm³/mol. The molecule has 124 valence electrons. The molecule has 0 saturated heterocycles. The van der Waals surface area contributed by atoms with Crippen molar-refractivity contribution < 1.29 is 9.47 Å². The molecule has 0 aliphatic heterocycles. The molecule has 0 bridgehead atoms. The van der Waals surface area contributed by atoms with Crippen LogP contribution in [0.25, 0.3) is 0 Å². The van der Waals surface area contributed by atoms with Gasteiger partial charge in [0.25, 0.3) is 5.56 Å². The number of nitrogens with one attached hydrogen (secondary N) is 2. The summed E-state index contributed by atoms with van der Waals surface area (Å²) in [5.41, 5.74) is 1.38. The van der Waals surface area contributed by atoms with Gasteiger partial charge in [0, 0.05) is 23.5 Å². The maximum absolute atomic E-state index is 11.7. The van der Waals surface area contributed by atoms with E-state index in [-0.39, 0.29) is 5.56 Å². The highest BCUT2D eigenvalue weighted by Crippen LogP contribution is 2.31. The summed E-state index contributed by atoms with van der Waals surface area (Å²) >= 11 is 0. The molecule has 2 rings (SSSR count). The van der Waals surface area contributed by atoms with Crippen molar-refractivity contribution in [2.75, 3.05) is 18.5 Å². The second-order valence-corrected chi connectivity index (χ2v) is 4.99. The van der Waals surface area contributed by atoms with E-state index in [1.54, 1.807) is 0 Å². The van der Waals surface area contributed by atoms with Crippen molar-refractivity contribution in [2.24, 2.45) is 0 Å². The van der Waals surface area contributed by atoms with E-state index in [1.807, 2.05) is 32.0 Å². The molecule has 0 atom stereocenters. The van der Waals surface area contributed by atoms with Gasteiger partial charge in [0.05, 0.1) is 13.2 Å². The van der Waals surface area contributed by atoms with E-state index in [4.69, 9.17) is 9.47 Å². The minimum Gasteiger partial charge on any atom is -0.490 e. The van der Waals surface area contributed by atoms with Crippen molar-refractivity contribution in [1.82, 2.24) is 9.97 Å². The quantitative estimate of drug-likeness (QED) is 0.781. The van der Waals surface area contributed by atoms with Crippen molar-refractivity contribution in [2.45, 2.75) is 33.6 Å². The molecule has 0 radical (unpaired) electrons. The number of nitrogens with zero attached hydrogens (tertiary/aromatic N) is 1. The number of ether oxygens (including phenoxy) is 2. The first kappa shape index (κ1) is 16.9. The van der Waals surface area contributed by atoms with E-state index in [0.29, 0.717) is 30.7 Å². The van der Waals surface area contributed by atoms with E-state index in [1.165, 1.54) is 6.07 Å². The number of aromatic nitrogens is 2. The van der Waals surface area contributed by atoms with Crippen molar-refractivity contribution >= 4 is 11.6 Å². The summed E-state index contributed by atoms with van der Waals surface area (Å²) in [5, 5.41) is 3.11. The highest BCUT2D eigenvalue weighted by atomic mass is 16.5. The van der Waals surface area contributed by atoms with Crippen LogP contribution in [0, 0.1) is 0 Å². The molecule has 0 aliphatic carbocycles. The van der Waals surface area contributed by atoms with Crippen LogP contribution in [0.3, 0.4) is 0 Å². The molecule has 0 fully saturated rings. The molecule has 1 aromatic heterocycles. The van der Waals surface area contributed by atoms with Crippen molar-refractivity contribution in [3.63, 3.8) is 0 Å². The number of hydrogen-bond acceptors (Lipinski definition) is 5. The molecule has 2 aromatic rings. The molecular formula is C17H23N3O3. The molecule has 0 saturated carbocycles. The Labute approximate surface area is 135 Å². The number of H-pyrrole nitrogens is 1. The van der Waals surface area contributed by atoms with Crippen LogP contribution in [-0.4, -0.2) is 23.2 Å². The lowest BCUT2D eigenvalue weighted by molar-refractivity contribution is 0.288. The van der Waals surface area contributed by atoms with Crippen molar-refractivity contribution in [1.29, 1.82) is 0 Å². The molecule has 6 heteroatoms. The molecule has 0 spiro atoms. The van der Waals surface area contributed by atoms with Crippen LogP contribution < -0.4 is 20.3 Å². The first-order valence-corrected chi connectivity index (χ1v) is 7.93. The molecule has 0 aliphatic rings. The largest absolute Gasteiger partial charge is 0.490 e. The molecule has 6 nitrogen and oxygen atoms in total. The van der Waals surface area contributed by atoms with Gasteiger partial charge in [0.1, 0.15) is 0 Å². The van der Waals surface area contributed by atoms with Gasteiger partial charge >= 0.3 is 0 Å². The van der Waals surface area contributed by atoms with Crippen LogP contribution in [0.2, 0.25) is 0 Å². The Balaban J connectivity index is 2.25. The average molecular weight is 317 g/mol. The van der Waals surface area contributed by atoms with Crippen LogP contribution in [-0.2, 0) is 6.42 Å². The zero-order valence-electron chi connectivity index (χ0n) is 13.8. The maximum atomic E-state index is 11.7. The summed E-state index contributed by atoms with van der Waals surface area (Å²) in [4.78, 5) is 18.8. The fraction of sp³-hybridized carbons (Fsp3) is 0.412. The average Bonchev–Trinajstić information content (AvgIpc) is 2.50. The highest BCUT2D eigenvalue weighted by molar-refractivity contribution is 5.59. The highest BCUT2D eigenvalue weighted by Gasteiger charge is 2.08. The maximum Gasteiger partial charge on any atom is 0.252 e. The third-order valence-corrected chi connectivity index (χ3v) is 3.11. The fourth-order valence-electron chi connectivity index (χ4n) is 2.22. The summed E-state index contributed by atoms with van der Waals surface area (Å²) in [6, 6.07) is 7.06. The zero-order chi connectivity index (χ0) is 16.7. The van der Waals surface area contributed by atoms with Gasteiger partial charge in [0.2, 0.25) is 5.95 Å². The summed E-state index contributed by atoms with van der Waals surface area (Å²) in [6.07, 6.45) is 1.71. The van der Waals surface area contributed by atoms with Gasteiger partial charge in [0.15, 0.2) is 11.5 Å². The first-order chi connectivity index (χ1) is 11.2. The smallest absolute Gasteiger partial charge is 0.252 e. The second kappa shape index (κ2) is 8.22. The standard InChI is InChI=1S/C17H23N3O3/c1-4-7-12-11-16(21)20-17(18-12)19-13-8-9-14(22-5-2)15(10-13)23-6-3/h8-11H,4-7H2,1-3H3,(H2,18,19,20,21). The topological polar surface area (TPSA) is 76.2 Å². The lowest BCUT2D eigenvalue weighted by Crippen LogP contribution is -2.12. The number of aromatic amines is 1. The molecule has 1 aromatic carbocycles. The number of aryl methyl sites for hydroxylation is 1. The Bertz CT molecular complexity index is 698. The minimum atomic E-state index is -0.165. The number of benzene rings is 1. The number of anilines is 2. The second-order valence-electron chi connectivity index (χ2n) is 4.99.